The number of Topliss-reactive ketones (excluding diaryl/α,β-unsaturated/α-hetero) is 1. The van der Waals surface area contributed by atoms with Crippen molar-refractivity contribution in [2.24, 2.45) is 11.8 Å². The summed E-state index contributed by atoms with van der Waals surface area (Å²) in [6, 6.07) is -1.44. The molecule has 266 valence electrons. The number of nitrogens with one attached hydrogen (secondary N) is 1. The molecule has 0 radical (unpaired) electrons. The molecule has 13 nitrogen and oxygen atoms in total. The maximum Gasteiger partial charge on any atom is 0.330 e. The molecule has 2 bridgehead atoms. The van der Waals surface area contributed by atoms with Gasteiger partial charge in [0.05, 0.1) is 23.5 Å². The third-order valence-corrected chi connectivity index (χ3v) is 10.8. The third-order valence-electron chi connectivity index (χ3n) is 8.66. The van der Waals surface area contributed by atoms with Crippen molar-refractivity contribution >= 4 is 33.4 Å². The van der Waals surface area contributed by atoms with Gasteiger partial charge in [-0.05, 0) is 38.4 Å². The van der Waals surface area contributed by atoms with Crippen molar-refractivity contribution in [1.29, 1.82) is 0 Å². The van der Waals surface area contributed by atoms with Crippen molar-refractivity contribution in [2.75, 3.05) is 38.5 Å². The molecule has 2 amide bonds. The SMILES string of the molecule is CCN(CC)CCS(=O)(=O)[C@@H]1CCN2C(=O)c3coc(n3)CC(=O)C[C@H](O)C=C(C)C=CCNC(=O)C=C[C@@H](C)[C@@H](C(C)C)OC(=O)[C@@H]12. The number of oxazole rings is 1. The van der Waals surface area contributed by atoms with Crippen molar-refractivity contribution in [1.82, 2.24) is 20.1 Å². The minimum absolute atomic E-state index is 0.0243. The molecule has 0 aromatic carbocycles. The number of hydrogen-bond donors (Lipinski definition) is 2. The van der Waals surface area contributed by atoms with E-state index < -0.39 is 51.1 Å². The monoisotopic (exact) mass is 690 g/mol. The standard InChI is InChI=1S/C34H50N4O9S/c1-7-37(8-2)16-17-48(44,45)28-13-15-38-31(28)34(43)47-32(22(3)4)24(6)11-12-29(41)35-14-9-10-23(5)18-25(39)19-26(40)20-30-36-27(21-46-30)33(38)42/h9-12,18,21-22,24-25,28,31-32,39H,7-8,13-17,19-20H2,1-6H3,(H,35,41)/t24-,25-,28-,31-,32-/m1/s1. The van der Waals surface area contributed by atoms with E-state index in [-0.39, 0.29) is 73.8 Å². The molecule has 0 spiro atoms. The molecule has 2 aliphatic rings. The highest BCUT2D eigenvalue weighted by atomic mass is 32.2. The normalized spacial score (nSPS) is 25.6. The molecule has 3 rings (SSSR count). The van der Waals surface area contributed by atoms with Gasteiger partial charge in [0.15, 0.2) is 15.5 Å². The first kappa shape index (κ1) is 38.8. The summed E-state index contributed by atoms with van der Waals surface area (Å²) in [6.07, 6.45) is 6.68. The van der Waals surface area contributed by atoms with Crippen LogP contribution in [0.3, 0.4) is 0 Å². The molecule has 1 aromatic heterocycles. The van der Waals surface area contributed by atoms with Crippen molar-refractivity contribution in [3.63, 3.8) is 0 Å². The molecular formula is C34H50N4O9S. The summed E-state index contributed by atoms with van der Waals surface area (Å²) < 4.78 is 38.9. The number of aliphatic hydroxyl groups is 1. The number of carbonyl (C=O) groups is 4. The Kier molecular flexibility index (Phi) is 14.3. The number of fused-ring (bicyclic) bond motifs is 3. The molecule has 14 heteroatoms. The number of aliphatic hydroxyl groups excluding tert-OH is 1. The fourth-order valence-electron chi connectivity index (χ4n) is 5.99. The van der Waals surface area contributed by atoms with Gasteiger partial charge in [0.25, 0.3) is 5.91 Å². The van der Waals surface area contributed by atoms with Gasteiger partial charge in [0.2, 0.25) is 11.8 Å². The van der Waals surface area contributed by atoms with E-state index in [0.717, 1.165) is 11.2 Å². The Labute approximate surface area is 283 Å². The second-order valence-electron chi connectivity index (χ2n) is 12.7. The van der Waals surface area contributed by atoms with Gasteiger partial charge < -0.3 is 29.4 Å². The maximum absolute atomic E-state index is 14.0. The highest BCUT2D eigenvalue weighted by Crippen LogP contribution is 2.30. The van der Waals surface area contributed by atoms with Crippen LogP contribution < -0.4 is 5.32 Å². The zero-order valence-electron chi connectivity index (χ0n) is 28.8. The zero-order chi connectivity index (χ0) is 35.6. The second kappa shape index (κ2) is 17.7. The van der Waals surface area contributed by atoms with E-state index in [9.17, 15) is 32.7 Å². The van der Waals surface area contributed by atoms with Crippen molar-refractivity contribution in [3.8, 4) is 0 Å². The fraction of sp³-hybridized carbons (Fsp3) is 0.618. The molecular weight excluding hydrogens is 640 g/mol. The summed E-state index contributed by atoms with van der Waals surface area (Å²) in [7, 11) is -3.87. The molecule has 2 aliphatic heterocycles. The smallest absolute Gasteiger partial charge is 0.330 e. The van der Waals surface area contributed by atoms with Crippen LogP contribution in [0.1, 0.15) is 70.8 Å². The largest absolute Gasteiger partial charge is 0.460 e. The Hall–Kier alpha value is -3.62. The summed E-state index contributed by atoms with van der Waals surface area (Å²) in [5.41, 5.74) is 0.505. The van der Waals surface area contributed by atoms with Gasteiger partial charge in [-0.15, -0.1) is 0 Å². The molecule has 1 fully saturated rings. The van der Waals surface area contributed by atoms with Gasteiger partial charge in [-0.25, -0.2) is 18.2 Å². The average Bonchev–Trinajstić information content (AvgIpc) is 3.68. The Balaban J connectivity index is 2.00. The van der Waals surface area contributed by atoms with Crippen LogP contribution in [-0.2, 0) is 35.4 Å². The predicted octanol–water partition coefficient (Wildman–Crippen LogP) is 2.27. The van der Waals surface area contributed by atoms with Gasteiger partial charge in [0.1, 0.15) is 24.2 Å². The summed E-state index contributed by atoms with van der Waals surface area (Å²) in [5.74, 6) is -3.23. The van der Waals surface area contributed by atoms with Gasteiger partial charge in [-0.2, -0.15) is 0 Å². The van der Waals surface area contributed by atoms with Crippen LogP contribution in [0.2, 0.25) is 0 Å². The first-order chi connectivity index (χ1) is 22.7. The minimum Gasteiger partial charge on any atom is -0.460 e. The van der Waals surface area contributed by atoms with Crippen LogP contribution >= 0.6 is 0 Å². The van der Waals surface area contributed by atoms with E-state index in [1.165, 1.54) is 12.2 Å². The molecule has 48 heavy (non-hydrogen) atoms. The molecule has 0 aliphatic carbocycles. The average molecular weight is 691 g/mol. The number of hydrogen-bond acceptors (Lipinski definition) is 11. The number of sulfone groups is 1. The van der Waals surface area contributed by atoms with Gasteiger partial charge in [-0.3, -0.25) is 14.4 Å². The van der Waals surface area contributed by atoms with Crippen molar-refractivity contribution in [3.05, 3.63) is 53.8 Å². The van der Waals surface area contributed by atoms with E-state index in [0.29, 0.717) is 18.7 Å². The minimum atomic E-state index is -3.87. The zero-order valence-corrected chi connectivity index (χ0v) is 29.6. The summed E-state index contributed by atoms with van der Waals surface area (Å²) >= 11 is 0. The molecule has 1 saturated heterocycles. The number of cyclic esters (lactones) is 1. The molecule has 5 atom stereocenters. The van der Waals surface area contributed by atoms with Crippen LogP contribution in [0.25, 0.3) is 0 Å². The van der Waals surface area contributed by atoms with E-state index >= 15 is 0 Å². The van der Waals surface area contributed by atoms with Crippen LogP contribution in [0.5, 0.6) is 0 Å². The summed E-state index contributed by atoms with van der Waals surface area (Å²) in [6.45, 7) is 12.9. The summed E-state index contributed by atoms with van der Waals surface area (Å²) in [4.78, 5) is 60.3. The third kappa shape index (κ3) is 10.7. The van der Waals surface area contributed by atoms with E-state index in [1.54, 1.807) is 32.1 Å². The molecule has 1 aromatic rings. The number of nitrogens with zero attached hydrogens (tertiary/aromatic N) is 3. The van der Waals surface area contributed by atoms with E-state index in [2.05, 4.69) is 10.3 Å². The molecule has 0 unspecified atom stereocenters. The lowest BCUT2D eigenvalue weighted by Gasteiger charge is -2.31. The number of amides is 2. The second-order valence-corrected chi connectivity index (χ2v) is 15.0. The number of ether oxygens (including phenoxy) is 1. The Morgan fingerprint density at radius 1 is 1.15 bits per heavy atom. The van der Waals surface area contributed by atoms with Gasteiger partial charge in [-0.1, -0.05) is 64.5 Å². The quantitative estimate of drug-likeness (QED) is 0.402. The van der Waals surface area contributed by atoms with Crippen LogP contribution in [0.4, 0.5) is 0 Å². The van der Waals surface area contributed by atoms with Crippen molar-refractivity contribution < 1.29 is 41.9 Å². The Morgan fingerprint density at radius 3 is 2.52 bits per heavy atom. The highest BCUT2D eigenvalue weighted by molar-refractivity contribution is 7.92. The number of aromatic nitrogens is 1. The van der Waals surface area contributed by atoms with Crippen LogP contribution in [0, 0.1) is 11.8 Å². The lowest BCUT2D eigenvalue weighted by Crippen LogP contribution is -2.50. The number of esters is 1. The van der Waals surface area contributed by atoms with Gasteiger partial charge in [0, 0.05) is 32.0 Å². The first-order valence-electron chi connectivity index (χ1n) is 16.6. The van der Waals surface area contributed by atoms with Crippen LogP contribution in [-0.4, -0.2) is 114 Å². The summed E-state index contributed by atoms with van der Waals surface area (Å²) in [5, 5.41) is 11.9. The Morgan fingerprint density at radius 2 is 1.85 bits per heavy atom. The first-order valence-corrected chi connectivity index (χ1v) is 18.3. The van der Waals surface area contributed by atoms with Crippen LogP contribution in [0.15, 0.2) is 46.6 Å². The Bertz CT molecular complexity index is 1490. The van der Waals surface area contributed by atoms with Gasteiger partial charge >= 0.3 is 5.97 Å². The molecule has 2 N–H and O–H groups in total. The highest BCUT2D eigenvalue weighted by Gasteiger charge is 2.50. The van der Waals surface area contributed by atoms with E-state index in [1.807, 2.05) is 32.6 Å². The number of carbonyl (C=O) groups excluding carboxylic acids is 4. The molecule has 3 heterocycles. The number of allylic oxidation sites excluding steroid dienone is 2. The fourth-order valence-corrected chi connectivity index (χ4v) is 7.92. The number of ketones is 1. The maximum atomic E-state index is 14.0. The lowest BCUT2D eigenvalue weighted by molar-refractivity contribution is -0.157. The number of rotatable bonds is 7. The lowest BCUT2D eigenvalue weighted by atomic mass is 9.94. The molecule has 0 saturated carbocycles. The van der Waals surface area contributed by atoms with Crippen molar-refractivity contribution in [2.45, 2.75) is 84.3 Å². The topological polar surface area (TPSA) is 176 Å². The van der Waals surface area contributed by atoms with E-state index in [4.69, 9.17) is 9.15 Å². The predicted molar refractivity (Wildman–Crippen MR) is 180 cm³/mol.